The second kappa shape index (κ2) is 9.97. The van der Waals surface area contributed by atoms with Crippen LogP contribution in [0.1, 0.15) is 59.2 Å². The fraction of sp³-hybridized carbons (Fsp3) is 0.308. The molecule has 0 bridgehead atoms. The minimum Gasteiger partial charge on any atom is -0.352 e. The van der Waals surface area contributed by atoms with Crippen molar-refractivity contribution >= 4 is 39.9 Å². The molecule has 4 nitrogen and oxygen atoms in total. The minimum atomic E-state index is -0.253. The van der Waals surface area contributed by atoms with Crippen molar-refractivity contribution in [3.8, 4) is 0 Å². The highest BCUT2D eigenvalue weighted by atomic mass is 35.5. The molecule has 0 radical (unpaired) electrons. The molecule has 4 rings (SSSR count). The molecule has 0 spiro atoms. The van der Waals surface area contributed by atoms with Gasteiger partial charge in [-0.15, -0.1) is 0 Å². The summed E-state index contributed by atoms with van der Waals surface area (Å²) in [6, 6.07) is 18.4. The maximum atomic E-state index is 13.1. The Morgan fingerprint density at radius 1 is 0.839 bits per heavy atom. The summed E-state index contributed by atoms with van der Waals surface area (Å²) in [5, 5.41) is 8.30. The van der Waals surface area contributed by atoms with Crippen molar-refractivity contribution in [1.29, 1.82) is 0 Å². The van der Waals surface area contributed by atoms with Crippen molar-refractivity contribution in [2.75, 3.05) is 11.9 Å². The van der Waals surface area contributed by atoms with Gasteiger partial charge in [0.2, 0.25) is 0 Å². The van der Waals surface area contributed by atoms with Crippen LogP contribution in [0.15, 0.2) is 60.7 Å². The van der Waals surface area contributed by atoms with E-state index in [2.05, 4.69) is 10.6 Å². The number of fused-ring (bicyclic) bond motifs is 1. The van der Waals surface area contributed by atoms with Crippen LogP contribution in [0.2, 0.25) is 5.02 Å². The SMILES string of the molecule is O=C(NCC1CCCCCC1)c1cc(Cl)ccc1NC(=O)c1cccc2ccccc12. The third-order valence-corrected chi connectivity index (χ3v) is 6.27. The van der Waals surface area contributed by atoms with Gasteiger partial charge in [0.15, 0.2) is 0 Å². The Labute approximate surface area is 188 Å². The molecular weight excluding hydrogens is 408 g/mol. The number of anilines is 1. The molecule has 0 unspecified atom stereocenters. The van der Waals surface area contributed by atoms with Crippen molar-refractivity contribution in [1.82, 2.24) is 5.32 Å². The van der Waals surface area contributed by atoms with Crippen LogP contribution in [0.3, 0.4) is 0 Å². The third kappa shape index (κ3) is 5.26. The molecule has 3 aromatic rings. The molecule has 31 heavy (non-hydrogen) atoms. The van der Waals surface area contributed by atoms with E-state index in [1.54, 1.807) is 24.3 Å². The van der Waals surface area contributed by atoms with Gasteiger partial charge in [-0.1, -0.05) is 73.7 Å². The minimum absolute atomic E-state index is 0.208. The average molecular weight is 435 g/mol. The van der Waals surface area contributed by atoms with Crippen molar-refractivity contribution in [2.45, 2.75) is 38.5 Å². The van der Waals surface area contributed by atoms with Gasteiger partial charge in [0.05, 0.1) is 11.3 Å². The number of hydrogen-bond acceptors (Lipinski definition) is 2. The molecule has 1 aliphatic rings. The molecule has 1 saturated carbocycles. The number of halogens is 1. The van der Waals surface area contributed by atoms with Crippen molar-refractivity contribution < 1.29 is 9.59 Å². The van der Waals surface area contributed by atoms with Crippen LogP contribution in [0.4, 0.5) is 5.69 Å². The summed E-state index contributed by atoms with van der Waals surface area (Å²) in [5.41, 5.74) is 1.41. The Kier molecular flexibility index (Phi) is 6.88. The zero-order valence-corrected chi connectivity index (χ0v) is 18.3. The van der Waals surface area contributed by atoms with E-state index >= 15 is 0 Å². The number of benzene rings is 3. The van der Waals surface area contributed by atoms with Gasteiger partial charge in [-0.3, -0.25) is 9.59 Å². The van der Waals surface area contributed by atoms with Gasteiger partial charge in [-0.05, 0) is 53.8 Å². The molecule has 0 atom stereocenters. The van der Waals surface area contributed by atoms with Crippen molar-refractivity contribution in [3.63, 3.8) is 0 Å². The molecule has 0 aliphatic heterocycles. The van der Waals surface area contributed by atoms with E-state index in [-0.39, 0.29) is 11.8 Å². The summed E-state index contributed by atoms with van der Waals surface area (Å²) < 4.78 is 0. The Morgan fingerprint density at radius 2 is 1.58 bits per heavy atom. The number of amides is 2. The fourth-order valence-corrected chi connectivity index (χ4v) is 4.50. The number of hydrogen-bond donors (Lipinski definition) is 2. The highest BCUT2D eigenvalue weighted by molar-refractivity contribution is 6.31. The van der Waals surface area contributed by atoms with Gasteiger partial charge in [0, 0.05) is 17.1 Å². The molecule has 3 aromatic carbocycles. The Morgan fingerprint density at radius 3 is 2.39 bits per heavy atom. The smallest absolute Gasteiger partial charge is 0.256 e. The molecule has 5 heteroatoms. The molecule has 0 heterocycles. The quantitative estimate of drug-likeness (QED) is 0.453. The lowest BCUT2D eigenvalue weighted by Crippen LogP contribution is -2.30. The number of rotatable bonds is 5. The second-order valence-corrected chi connectivity index (χ2v) is 8.67. The fourth-order valence-electron chi connectivity index (χ4n) is 4.33. The summed E-state index contributed by atoms with van der Waals surface area (Å²) in [7, 11) is 0. The second-order valence-electron chi connectivity index (χ2n) is 8.24. The topological polar surface area (TPSA) is 58.2 Å². The molecule has 0 saturated heterocycles. The van der Waals surface area contributed by atoms with Crippen molar-refractivity contribution in [3.05, 3.63) is 76.8 Å². The summed E-state index contributed by atoms with van der Waals surface area (Å²) in [6.45, 7) is 0.655. The van der Waals surface area contributed by atoms with E-state index in [0.717, 1.165) is 23.6 Å². The van der Waals surface area contributed by atoms with E-state index in [9.17, 15) is 9.59 Å². The van der Waals surface area contributed by atoms with Gasteiger partial charge in [-0.2, -0.15) is 0 Å². The van der Waals surface area contributed by atoms with Gasteiger partial charge in [0.1, 0.15) is 0 Å². The first kappa shape index (κ1) is 21.4. The number of nitrogens with one attached hydrogen (secondary N) is 2. The van der Waals surface area contributed by atoms with E-state index in [1.165, 1.54) is 25.7 Å². The summed E-state index contributed by atoms with van der Waals surface area (Å²) in [4.78, 5) is 26.0. The molecule has 0 aromatic heterocycles. The lowest BCUT2D eigenvalue weighted by molar-refractivity contribution is 0.0946. The lowest BCUT2D eigenvalue weighted by Gasteiger charge is -2.17. The van der Waals surface area contributed by atoms with Crippen LogP contribution in [-0.2, 0) is 0 Å². The molecule has 2 amide bonds. The predicted molar refractivity (Wildman–Crippen MR) is 127 cm³/mol. The number of carbonyl (C=O) groups is 2. The third-order valence-electron chi connectivity index (χ3n) is 6.03. The maximum absolute atomic E-state index is 13.1. The molecule has 2 N–H and O–H groups in total. The first-order chi connectivity index (χ1) is 15.1. The predicted octanol–water partition coefficient (Wildman–Crippen LogP) is 6.45. The Hall–Kier alpha value is -2.85. The van der Waals surface area contributed by atoms with E-state index in [4.69, 9.17) is 11.6 Å². The lowest BCUT2D eigenvalue weighted by atomic mass is 10.0. The summed E-state index contributed by atoms with van der Waals surface area (Å²) >= 11 is 6.17. The number of carbonyl (C=O) groups excluding carboxylic acids is 2. The standard InChI is InChI=1S/C26H27ClN2O2/c27-20-14-15-24(23(16-20)25(30)28-17-18-8-3-1-2-4-9-18)29-26(31)22-13-7-11-19-10-5-6-12-21(19)22/h5-7,10-16,18H,1-4,8-9,17H2,(H,28,30)(H,29,31). The van der Waals surface area contributed by atoms with Crippen LogP contribution in [0.25, 0.3) is 10.8 Å². The van der Waals surface area contributed by atoms with Gasteiger partial charge in [0.25, 0.3) is 11.8 Å². The Balaban J connectivity index is 1.52. The zero-order chi connectivity index (χ0) is 21.6. The van der Waals surface area contributed by atoms with Crippen LogP contribution < -0.4 is 10.6 Å². The maximum Gasteiger partial charge on any atom is 0.256 e. The van der Waals surface area contributed by atoms with Gasteiger partial charge >= 0.3 is 0 Å². The summed E-state index contributed by atoms with van der Waals surface area (Å²) in [6.07, 6.45) is 7.32. The van der Waals surface area contributed by atoms with Crippen LogP contribution in [0.5, 0.6) is 0 Å². The highest BCUT2D eigenvalue weighted by Gasteiger charge is 2.18. The van der Waals surface area contributed by atoms with E-state index in [0.29, 0.717) is 34.3 Å². The highest BCUT2D eigenvalue weighted by Crippen LogP contribution is 2.25. The van der Waals surface area contributed by atoms with Crippen molar-refractivity contribution in [2.24, 2.45) is 5.92 Å². The van der Waals surface area contributed by atoms with Crippen LogP contribution >= 0.6 is 11.6 Å². The Bertz CT molecular complexity index is 1080. The van der Waals surface area contributed by atoms with Gasteiger partial charge in [-0.25, -0.2) is 0 Å². The van der Waals surface area contributed by atoms with Crippen LogP contribution in [-0.4, -0.2) is 18.4 Å². The zero-order valence-electron chi connectivity index (χ0n) is 17.5. The molecule has 1 aliphatic carbocycles. The monoisotopic (exact) mass is 434 g/mol. The first-order valence-electron chi connectivity index (χ1n) is 11.0. The van der Waals surface area contributed by atoms with Gasteiger partial charge < -0.3 is 10.6 Å². The largest absolute Gasteiger partial charge is 0.352 e. The van der Waals surface area contributed by atoms with Crippen LogP contribution in [0, 0.1) is 5.92 Å². The normalized spacial score (nSPS) is 14.7. The molecular formula is C26H27ClN2O2. The van der Waals surface area contributed by atoms with E-state index < -0.39 is 0 Å². The molecule has 1 fully saturated rings. The van der Waals surface area contributed by atoms with E-state index in [1.807, 2.05) is 36.4 Å². The molecule has 160 valence electrons. The summed E-state index contributed by atoms with van der Waals surface area (Å²) in [5.74, 6) is 0.0521. The average Bonchev–Trinajstić information content (AvgIpc) is 3.07. The first-order valence-corrected chi connectivity index (χ1v) is 11.4.